The Morgan fingerprint density at radius 1 is 1.29 bits per heavy atom. The van der Waals surface area contributed by atoms with Crippen LogP contribution in [-0.4, -0.2) is 28.6 Å². The van der Waals surface area contributed by atoms with Crippen molar-refractivity contribution in [1.82, 2.24) is 5.32 Å². The molecule has 0 atom stereocenters. The van der Waals surface area contributed by atoms with Gasteiger partial charge in [-0.2, -0.15) is 0 Å². The number of ether oxygens (including phenoxy) is 1. The quantitative estimate of drug-likeness (QED) is 0.874. The van der Waals surface area contributed by atoms with Crippen LogP contribution in [0.4, 0.5) is 0 Å². The van der Waals surface area contributed by atoms with Gasteiger partial charge < -0.3 is 15.2 Å². The van der Waals surface area contributed by atoms with E-state index in [0.29, 0.717) is 24.2 Å². The lowest BCUT2D eigenvalue weighted by molar-refractivity contribution is -0.144. The van der Waals surface area contributed by atoms with Gasteiger partial charge in [0.2, 0.25) is 0 Å². The molecular formula is C16H21NO4. The molecule has 1 amide bonds. The highest BCUT2D eigenvalue weighted by molar-refractivity contribution is 5.98. The van der Waals surface area contributed by atoms with Gasteiger partial charge in [-0.25, -0.2) is 4.79 Å². The maximum absolute atomic E-state index is 12.3. The van der Waals surface area contributed by atoms with Gasteiger partial charge in [-0.15, -0.1) is 0 Å². The molecule has 5 nitrogen and oxygen atoms in total. The minimum absolute atomic E-state index is 0.0171. The molecule has 1 aliphatic rings. The van der Waals surface area contributed by atoms with E-state index in [1.807, 2.05) is 13.8 Å². The standard InChI is InChI=1S/C16H21NO4/c1-11(2)21-13-7-5-6-12(10-13)14(18)17-16(15(19)20)8-3-4-9-16/h5-7,10-11H,3-4,8-9H2,1-2H3,(H,17,18)(H,19,20). The zero-order valence-corrected chi connectivity index (χ0v) is 12.4. The highest BCUT2D eigenvalue weighted by Gasteiger charge is 2.42. The van der Waals surface area contributed by atoms with Crippen LogP contribution in [-0.2, 0) is 4.79 Å². The number of carboxylic acids is 1. The molecule has 0 saturated heterocycles. The van der Waals surface area contributed by atoms with Gasteiger partial charge in [0.1, 0.15) is 11.3 Å². The number of hydrogen-bond acceptors (Lipinski definition) is 3. The third-order valence-electron chi connectivity index (χ3n) is 3.69. The molecule has 1 saturated carbocycles. The van der Waals surface area contributed by atoms with Crippen LogP contribution in [0.25, 0.3) is 0 Å². The van der Waals surface area contributed by atoms with Crippen LogP contribution in [0, 0.1) is 0 Å². The Hall–Kier alpha value is -2.04. The normalized spacial score (nSPS) is 16.7. The first-order valence-electron chi connectivity index (χ1n) is 7.25. The SMILES string of the molecule is CC(C)Oc1cccc(C(=O)NC2(C(=O)O)CCCC2)c1. The van der Waals surface area contributed by atoms with Crippen LogP contribution in [0.2, 0.25) is 0 Å². The molecule has 0 spiro atoms. The Labute approximate surface area is 124 Å². The fourth-order valence-corrected chi connectivity index (χ4v) is 2.64. The summed E-state index contributed by atoms with van der Waals surface area (Å²) in [5.74, 6) is -0.718. The Bertz CT molecular complexity index is 533. The average Bonchev–Trinajstić information content (AvgIpc) is 2.88. The van der Waals surface area contributed by atoms with Crippen molar-refractivity contribution in [1.29, 1.82) is 0 Å². The van der Waals surface area contributed by atoms with E-state index < -0.39 is 11.5 Å². The molecule has 0 unspecified atom stereocenters. The fraction of sp³-hybridized carbons (Fsp3) is 0.500. The molecule has 5 heteroatoms. The van der Waals surface area contributed by atoms with E-state index >= 15 is 0 Å². The molecule has 21 heavy (non-hydrogen) atoms. The van der Waals surface area contributed by atoms with Gasteiger partial charge in [0.15, 0.2) is 0 Å². The van der Waals surface area contributed by atoms with Crippen molar-refractivity contribution in [2.45, 2.75) is 51.2 Å². The second-order valence-electron chi connectivity index (χ2n) is 5.74. The van der Waals surface area contributed by atoms with E-state index in [1.165, 1.54) is 0 Å². The van der Waals surface area contributed by atoms with Crippen LogP contribution in [0.15, 0.2) is 24.3 Å². The summed E-state index contributed by atoms with van der Waals surface area (Å²) in [5.41, 5.74) is -0.702. The monoisotopic (exact) mass is 291 g/mol. The minimum atomic E-state index is -1.12. The molecule has 1 aromatic carbocycles. The number of nitrogens with one attached hydrogen (secondary N) is 1. The van der Waals surface area contributed by atoms with E-state index in [-0.39, 0.29) is 12.0 Å². The predicted molar refractivity (Wildman–Crippen MR) is 78.5 cm³/mol. The second kappa shape index (κ2) is 6.16. The molecule has 2 N–H and O–H groups in total. The molecule has 2 rings (SSSR count). The van der Waals surface area contributed by atoms with Crippen LogP contribution in [0.1, 0.15) is 49.9 Å². The van der Waals surface area contributed by atoms with Gasteiger partial charge >= 0.3 is 5.97 Å². The molecule has 0 radical (unpaired) electrons. The summed E-state index contributed by atoms with van der Waals surface area (Å²) in [5, 5.41) is 12.1. The minimum Gasteiger partial charge on any atom is -0.491 e. The van der Waals surface area contributed by atoms with Crippen LogP contribution in [0.3, 0.4) is 0 Å². The van der Waals surface area contributed by atoms with E-state index in [2.05, 4.69) is 5.32 Å². The van der Waals surface area contributed by atoms with Crippen molar-refractivity contribution in [2.75, 3.05) is 0 Å². The topological polar surface area (TPSA) is 75.6 Å². The van der Waals surface area contributed by atoms with E-state index in [4.69, 9.17) is 4.74 Å². The third-order valence-corrected chi connectivity index (χ3v) is 3.69. The highest BCUT2D eigenvalue weighted by atomic mass is 16.5. The first-order valence-corrected chi connectivity index (χ1v) is 7.25. The van der Waals surface area contributed by atoms with Gasteiger partial charge in [-0.1, -0.05) is 18.9 Å². The zero-order chi connectivity index (χ0) is 15.5. The Morgan fingerprint density at radius 2 is 1.95 bits per heavy atom. The maximum atomic E-state index is 12.3. The number of hydrogen-bond donors (Lipinski definition) is 2. The van der Waals surface area contributed by atoms with Crippen molar-refractivity contribution in [2.24, 2.45) is 0 Å². The first kappa shape index (κ1) is 15.4. The lowest BCUT2D eigenvalue weighted by atomic mass is 9.97. The van der Waals surface area contributed by atoms with Crippen molar-refractivity contribution in [3.8, 4) is 5.75 Å². The Kier molecular flexibility index (Phi) is 4.50. The largest absolute Gasteiger partial charge is 0.491 e. The third kappa shape index (κ3) is 3.54. The maximum Gasteiger partial charge on any atom is 0.329 e. The van der Waals surface area contributed by atoms with Crippen LogP contribution in [0.5, 0.6) is 5.75 Å². The summed E-state index contributed by atoms with van der Waals surface area (Å²) in [6.45, 7) is 3.81. The van der Waals surface area contributed by atoms with Crippen molar-refractivity contribution < 1.29 is 19.4 Å². The van der Waals surface area contributed by atoms with Gasteiger partial charge in [0, 0.05) is 5.56 Å². The van der Waals surface area contributed by atoms with Gasteiger partial charge in [0.25, 0.3) is 5.91 Å². The summed E-state index contributed by atoms with van der Waals surface area (Å²) in [4.78, 5) is 23.8. The van der Waals surface area contributed by atoms with Crippen LogP contribution >= 0.6 is 0 Å². The average molecular weight is 291 g/mol. The number of amides is 1. The zero-order valence-electron chi connectivity index (χ0n) is 12.4. The van der Waals surface area contributed by atoms with Gasteiger partial charge in [-0.05, 0) is 44.9 Å². The molecule has 114 valence electrons. The molecule has 1 aliphatic carbocycles. The fourth-order valence-electron chi connectivity index (χ4n) is 2.64. The lowest BCUT2D eigenvalue weighted by Crippen LogP contribution is -2.52. The van der Waals surface area contributed by atoms with Gasteiger partial charge in [-0.3, -0.25) is 4.79 Å². The summed E-state index contributed by atoms with van der Waals surface area (Å²) < 4.78 is 5.55. The summed E-state index contributed by atoms with van der Waals surface area (Å²) in [6.07, 6.45) is 2.63. The molecule has 0 aliphatic heterocycles. The predicted octanol–water partition coefficient (Wildman–Crippen LogP) is 2.60. The number of rotatable bonds is 5. The number of aliphatic carboxylic acids is 1. The Morgan fingerprint density at radius 3 is 2.52 bits per heavy atom. The smallest absolute Gasteiger partial charge is 0.329 e. The van der Waals surface area contributed by atoms with E-state index in [9.17, 15) is 14.7 Å². The Balaban J connectivity index is 2.14. The van der Waals surface area contributed by atoms with E-state index in [1.54, 1.807) is 24.3 Å². The number of benzene rings is 1. The second-order valence-corrected chi connectivity index (χ2v) is 5.74. The molecular weight excluding hydrogens is 270 g/mol. The van der Waals surface area contributed by atoms with Crippen molar-refractivity contribution in [3.63, 3.8) is 0 Å². The molecule has 0 bridgehead atoms. The highest BCUT2D eigenvalue weighted by Crippen LogP contribution is 2.30. The number of carboxylic acid groups (broad SMARTS) is 1. The number of carbonyl (C=O) groups is 2. The molecule has 1 aromatic rings. The lowest BCUT2D eigenvalue weighted by Gasteiger charge is -2.25. The van der Waals surface area contributed by atoms with Crippen molar-refractivity contribution >= 4 is 11.9 Å². The molecule has 0 aromatic heterocycles. The van der Waals surface area contributed by atoms with Crippen LogP contribution < -0.4 is 10.1 Å². The van der Waals surface area contributed by atoms with E-state index in [0.717, 1.165) is 12.8 Å². The molecule has 0 heterocycles. The summed E-state index contributed by atoms with van der Waals surface area (Å²) in [6, 6.07) is 6.81. The molecule has 1 fully saturated rings. The van der Waals surface area contributed by atoms with Gasteiger partial charge in [0.05, 0.1) is 6.10 Å². The van der Waals surface area contributed by atoms with Crippen molar-refractivity contribution in [3.05, 3.63) is 29.8 Å². The first-order chi connectivity index (χ1) is 9.93. The summed E-state index contributed by atoms with van der Waals surface area (Å²) in [7, 11) is 0. The number of carbonyl (C=O) groups excluding carboxylic acids is 1. The summed E-state index contributed by atoms with van der Waals surface area (Å²) >= 11 is 0.